The molecule has 22 heavy (non-hydrogen) atoms. The molecule has 0 aliphatic carbocycles. The summed E-state index contributed by atoms with van der Waals surface area (Å²) in [6.45, 7) is 3.36. The van der Waals surface area contributed by atoms with Crippen molar-refractivity contribution in [3.63, 3.8) is 0 Å². The van der Waals surface area contributed by atoms with E-state index in [0.717, 1.165) is 0 Å². The molecule has 0 radical (unpaired) electrons. The largest absolute Gasteiger partial charge is 0.331 e. The number of nitrogens with one attached hydrogen (secondary N) is 2. The average Bonchev–Trinajstić information content (AvgIpc) is 2.72. The summed E-state index contributed by atoms with van der Waals surface area (Å²) in [5, 5.41) is 9.23. The van der Waals surface area contributed by atoms with Crippen LogP contribution >= 0.6 is 23.2 Å². The van der Waals surface area contributed by atoms with Crippen LogP contribution in [0.15, 0.2) is 12.1 Å². The fourth-order valence-corrected chi connectivity index (χ4v) is 2.33. The number of hydrogen-bond acceptors (Lipinski definition) is 3. The molecule has 0 saturated carbocycles. The van der Waals surface area contributed by atoms with Crippen LogP contribution in [0.3, 0.4) is 0 Å². The second-order valence-electron chi connectivity index (χ2n) is 4.72. The Morgan fingerprint density at radius 2 is 2.09 bits per heavy atom. The van der Waals surface area contributed by atoms with Gasteiger partial charge in [-0.2, -0.15) is 4.98 Å². The van der Waals surface area contributed by atoms with E-state index < -0.39 is 17.9 Å². The summed E-state index contributed by atoms with van der Waals surface area (Å²) < 4.78 is 15.5. The third-order valence-electron chi connectivity index (χ3n) is 3.04. The van der Waals surface area contributed by atoms with Crippen LogP contribution in [-0.4, -0.2) is 20.8 Å². The Bertz CT molecular complexity index is 699. The summed E-state index contributed by atoms with van der Waals surface area (Å²) >= 11 is 11.6. The molecule has 6 nitrogen and oxygen atoms in total. The van der Waals surface area contributed by atoms with Gasteiger partial charge in [0.25, 0.3) is 0 Å². The van der Waals surface area contributed by atoms with Crippen LogP contribution in [0, 0.1) is 12.7 Å². The zero-order chi connectivity index (χ0) is 16.4. The molecule has 1 unspecified atom stereocenters. The van der Waals surface area contributed by atoms with Gasteiger partial charge in [-0.25, -0.2) is 9.18 Å². The molecule has 2 rings (SSSR count). The van der Waals surface area contributed by atoms with Gasteiger partial charge in [-0.15, -0.1) is 5.10 Å². The lowest BCUT2D eigenvalue weighted by molar-refractivity contribution is 0.249. The number of hydrogen-bond donors (Lipinski definition) is 2. The van der Waals surface area contributed by atoms with Crippen LogP contribution in [0.25, 0.3) is 0 Å². The van der Waals surface area contributed by atoms with Gasteiger partial charge in [-0.3, -0.25) is 10.00 Å². The predicted molar refractivity (Wildman–Crippen MR) is 82.7 cm³/mol. The van der Waals surface area contributed by atoms with Gasteiger partial charge in [0.15, 0.2) is 0 Å². The Hall–Kier alpha value is -1.86. The molecular weight excluding hydrogens is 332 g/mol. The van der Waals surface area contributed by atoms with E-state index in [4.69, 9.17) is 23.2 Å². The Balaban J connectivity index is 2.08. The molecule has 1 aromatic carbocycles. The monoisotopic (exact) mass is 345 g/mol. The first-order valence-corrected chi connectivity index (χ1v) is 7.13. The summed E-state index contributed by atoms with van der Waals surface area (Å²) in [5.41, 5.74) is 0.192. The maximum absolute atomic E-state index is 14.0. The van der Waals surface area contributed by atoms with E-state index in [-0.39, 0.29) is 21.6 Å². The second kappa shape index (κ2) is 6.50. The molecule has 2 N–H and O–H groups in total. The number of anilines is 1. The first-order chi connectivity index (χ1) is 10.3. The molecule has 118 valence electrons. The lowest BCUT2D eigenvalue weighted by Crippen LogP contribution is -2.32. The van der Waals surface area contributed by atoms with Crippen molar-refractivity contribution in [3.05, 3.63) is 39.4 Å². The maximum Gasteiger partial charge on any atom is 0.322 e. The molecule has 0 bridgehead atoms. The van der Waals surface area contributed by atoms with Crippen molar-refractivity contribution < 1.29 is 9.18 Å². The molecule has 0 aliphatic heterocycles. The minimum atomic E-state index is -0.638. The van der Waals surface area contributed by atoms with E-state index in [9.17, 15) is 9.18 Å². The molecule has 2 aromatic rings. The van der Waals surface area contributed by atoms with Gasteiger partial charge in [-0.1, -0.05) is 23.2 Å². The van der Waals surface area contributed by atoms with Crippen LogP contribution < -0.4 is 10.6 Å². The number of nitrogens with zero attached hydrogens (tertiary/aromatic N) is 3. The van der Waals surface area contributed by atoms with Crippen LogP contribution in [0.1, 0.15) is 24.4 Å². The molecule has 2 amide bonds. The summed E-state index contributed by atoms with van der Waals surface area (Å²) in [6.07, 6.45) is 0. The fourth-order valence-electron chi connectivity index (χ4n) is 1.82. The zero-order valence-electron chi connectivity index (χ0n) is 12.1. The quantitative estimate of drug-likeness (QED) is 0.836. The van der Waals surface area contributed by atoms with Crippen LogP contribution in [0.4, 0.5) is 15.1 Å². The van der Waals surface area contributed by atoms with Crippen LogP contribution in [0.5, 0.6) is 0 Å². The highest BCUT2D eigenvalue weighted by Crippen LogP contribution is 2.27. The molecule has 1 aromatic heterocycles. The minimum Gasteiger partial charge on any atom is -0.331 e. The summed E-state index contributed by atoms with van der Waals surface area (Å²) in [7, 11) is 1.71. The van der Waals surface area contributed by atoms with Gasteiger partial charge in [0, 0.05) is 17.6 Å². The second-order valence-corrected chi connectivity index (χ2v) is 5.56. The number of halogens is 3. The Morgan fingerprint density at radius 3 is 2.68 bits per heavy atom. The van der Waals surface area contributed by atoms with E-state index in [0.29, 0.717) is 5.82 Å². The standard InChI is InChI=1S/C13H14Cl2FN5O/c1-6(9-4-8(14)5-10(15)11(9)16)17-13(22)19-12-18-7(2)21(3)20-12/h4-6H,1-3H3,(H2,17,19,20,22). The number of rotatable bonds is 3. The number of aromatic nitrogens is 3. The predicted octanol–water partition coefficient (Wildman–Crippen LogP) is 3.45. The number of amides is 2. The van der Waals surface area contributed by atoms with Crippen molar-refractivity contribution in [2.75, 3.05) is 5.32 Å². The Kier molecular flexibility index (Phi) is 4.87. The van der Waals surface area contributed by atoms with Crippen molar-refractivity contribution in [3.8, 4) is 0 Å². The molecule has 9 heteroatoms. The first kappa shape index (κ1) is 16.5. The highest BCUT2D eigenvalue weighted by Gasteiger charge is 2.17. The maximum atomic E-state index is 14.0. The van der Waals surface area contributed by atoms with Crippen molar-refractivity contribution in [2.24, 2.45) is 7.05 Å². The van der Waals surface area contributed by atoms with E-state index in [1.54, 1.807) is 20.9 Å². The van der Waals surface area contributed by atoms with Crippen molar-refractivity contribution in [1.82, 2.24) is 20.1 Å². The van der Waals surface area contributed by atoms with Gasteiger partial charge in [0.1, 0.15) is 11.6 Å². The molecule has 1 atom stereocenters. The van der Waals surface area contributed by atoms with Crippen molar-refractivity contribution >= 4 is 35.2 Å². The first-order valence-electron chi connectivity index (χ1n) is 6.37. The molecule has 0 fully saturated rings. The van der Waals surface area contributed by atoms with Gasteiger partial charge in [-0.05, 0) is 26.0 Å². The van der Waals surface area contributed by atoms with Crippen LogP contribution in [0.2, 0.25) is 10.0 Å². The number of carbonyl (C=O) groups is 1. The van der Waals surface area contributed by atoms with E-state index in [1.165, 1.54) is 16.8 Å². The fraction of sp³-hybridized carbons (Fsp3) is 0.308. The van der Waals surface area contributed by atoms with Crippen molar-refractivity contribution in [1.29, 1.82) is 0 Å². The number of aryl methyl sites for hydroxylation is 2. The lowest BCUT2D eigenvalue weighted by Gasteiger charge is -2.16. The summed E-state index contributed by atoms with van der Waals surface area (Å²) in [5.74, 6) is 0.191. The van der Waals surface area contributed by atoms with Gasteiger partial charge >= 0.3 is 6.03 Å². The highest BCUT2D eigenvalue weighted by atomic mass is 35.5. The van der Waals surface area contributed by atoms with E-state index in [2.05, 4.69) is 20.7 Å². The van der Waals surface area contributed by atoms with E-state index >= 15 is 0 Å². The third-order valence-corrected chi connectivity index (χ3v) is 3.53. The number of carbonyl (C=O) groups excluding carboxylic acids is 1. The lowest BCUT2D eigenvalue weighted by atomic mass is 10.1. The number of benzene rings is 1. The minimum absolute atomic E-state index is 0.0985. The highest BCUT2D eigenvalue weighted by molar-refractivity contribution is 6.34. The van der Waals surface area contributed by atoms with Gasteiger partial charge in [0.2, 0.25) is 5.95 Å². The summed E-state index contributed by atoms with van der Waals surface area (Å²) in [6, 6.07) is 1.52. The molecule has 0 saturated heterocycles. The molecule has 0 spiro atoms. The molecular formula is C13H14Cl2FN5O. The normalized spacial score (nSPS) is 12.1. The smallest absolute Gasteiger partial charge is 0.322 e. The average molecular weight is 346 g/mol. The van der Waals surface area contributed by atoms with Crippen molar-refractivity contribution in [2.45, 2.75) is 19.9 Å². The molecule has 0 aliphatic rings. The van der Waals surface area contributed by atoms with Gasteiger partial charge < -0.3 is 5.32 Å². The third kappa shape index (κ3) is 3.66. The molecule has 1 heterocycles. The van der Waals surface area contributed by atoms with E-state index in [1.807, 2.05) is 0 Å². The topological polar surface area (TPSA) is 71.8 Å². The SMILES string of the molecule is Cc1nc(NC(=O)NC(C)c2cc(Cl)cc(Cl)c2F)nn1C. The zero-order valence-corrected chi connectivity index (χ0v) is 13.6. The van der Waals surface area contributed by atoms with Crippen LogP contribution in [-0.2, 0) is 7.05 Å². The summed E-state index contributed by atoms with van der Waals surface area (Å²) in [4.78, 5) is 15.9. The van der Waals surface area contributed by atoms with Gasteiger partial charge in [0.05, 0.1) is 11.1 Å². The Labute approximate surface area is 136 Å². The number of urea groups is 1. The Morgan fingerprint density at radius 1 is 1.41 bits per heavy atom.